The van der Waals surface area contributed by atoms with Crippen LogP contribution in [0.25, 0.3) is 0 Å². The first-order valence-corrected chi connectivity index (χ1v) is 12.2. The molecular weight excluding hydrogens is 476 g/mol. The number of amides is 2. The molecule has 0 fully saturated rings. The van der Waals surface area contributed by atoms with Crippen molar-refractivity contribution in [1.29, 1.82) is 0 Å². The average molecular weight is 507 g/mol. The van der Waals surface area contributed by atoms with Gasteiger partial charge in [-0.05, 0) is 49.1 Å². The fourth-order valence-corrected chi connectivity index (χ4v) is 4.05. The molecule has 0 aliphatic rings. The van der Waals surface area contributed by atoms with Gasteiger partial charge in [-0.1, -0.05) is 88.2 Å². The predicted molar refractivity (Wildman–Crippen MR) is 137 cm³/mol. The van der Waals surface area contributed by atoms with Gasteiger partial charge in [-0.15, -0.1) is 0 Å². The normalized spacial score (nSPS) is 11.6. The zero-order valence-electron chi connectivity index (χ0n) is 19.3. The molecule has 0 radical (unpaired) electrons. The summed E-state index contributed by atoms with van der Waals surface area (Å²) in [6.07, 6.45) is 1.47. The number of nitrogens with zero attached hydrogens (tertiary/aromatic N) is 1. The van der Waals surface area contributed by atoms with Gasteiger partial charge in [-0.2, -0.15) is 0 Å². The van der Waals surface area contributed by atoms with Gasteiger partial charge in [0.2, 0.25) is 11.8 Å². The lowest BCUT2D eigenvalue weighted by Crippen LogP contribution is -2.50. The van der Waals surface area contributed by atoms with Crippen LogP contribution < -0.4 is 5.32 Å². The van der Waals surface area contributed by atoms with Crippen LogP contribution in [0.1, 0.15) is 35.6 Å². The Kier molecular flexibility index (Phi) is 9.25. The van der Waals surface area contributed by atoms with E-state index in [2.05, 4.69) is 52.4 Å². The summed E-state index contributed by atoms with van der Waals surface area (Å²) in [7, 11) is 0. The number of rotatable bonds is 10. The quantitative estimate of drug-likeness (QED) is 0.396. The number of nitrogens with one attached hydrogen (secondary N) is 1. The lowest BCUT2D eigenvalue weighted by molar-refractivity contribution is -0.141. The first-order chi connectivity index (χ1) is 16.0. The second-order valence-electron chi connectivity index (χ2n) is 8.23. The number of likely N-dealkylation sites (N-methyl/N-ethyl adjacent to an activating group) is 1. The molecule has 1 N–H and O–H groups in total. The number of hydrogen-bond donors (Lipinski definition) is 1. The summed E-state index contributed by atoms with van der Waals surface area (Å²) in [5.41, 5.74) is 4.33. The van der Waals surface area contributed by atoms with Crippen molar-refractivity contribution in [2.45, 2.75) is 45.7 Å². The van der Waals surface area contributed by atoms with Gasteiger partial charge >= 0.3 is 0 Å². The maximum atomic E-state index is 13.5. The molecule has 3 aromatic carbocycles. The van der Waals surface area contributed by atoms with Gasteiger partial charge in [-0.25, -0.2) is 0 Å². The number of carbonyl (C=O) groups is 2. The highest BCUT2D eigenvalue weighted by molar-refractivity contribution is 9.10. The molecule has 3 rings (SSSR count). The molecule has 0 spiro atoms. The van der Waals surface area contributed by atoms with Crippen molar-refractivity contribution < 1.29 is 9.59 Å². The summed E-state index contributed by atoms with van der Waals surface area (Å²) in [6, 6.07) is 25.4. The number of hydrogen-bond acceptors (Lipinski definition) is 2. The Morgan fingerprint density at radius 3 is 2.15 bits per heavy atom. The van der Waals surface area contributed by atoms with Crippen LogP contribution >= 0.6 is 15.9 Å². The van der Waals surface area contributed by atoms with Gasteiger partial charge in [0.15, 0.2) is 0 Å². The summed E-state index contributed by atoms with van der Waals surface area (Å²) in [4.78, 5) is 28.4. The molecule has 172 valence electrons. The molecule has 33 heavy (non-hydrogen) atoms. The summed E-state index contributed by atoms with van der Waals surface area (Å²) >= 11 is 3.47. The van der Waals surface area contributed by atoms with E-state index < -0.39 is 6.04 Å². The standard InChI is InChI=1S/C28H31BrN2O2/c1-3-30-28(33)26(19-23-7-5-4-6-8-23)31(20-24-13-16-25(29)17-14-24)27(32)18-15-22-11-9-21(2)10-12-22/h4-14,16-17,26H,3,15,18-20H2,1-2H3,(H,30,33)/t26-/m0/s1. The fraction of sp³-hybridized carbons (Fsp3) is 0.286. The molecule has 0 saturated heterocycles. The molecule has 2 amide bonds. The molecule has 0 heterocycles. The minimum absolute atomic E-state index is 0.0225. The average Bonchev–Trinajstić information content (AvgIpc) is 2.82. The zero-order valence-corrected chi connectivity index (χ0v) is 20.8. The van der Waals surface area contributed by atoms with E-state index in [-0.39, 0.29) is 11.8 Å². The molecule has 5 heteroatoms. The highest BCUT2D eigenvalue weighted by Crippen LogP contribution is 2.18. The van der Waals surface area contributed by atoms with Crippen LogP contribution in [0.2, 0.25) is 0 Å². The Balaban J connectivity index is 1.87. The summed E-state index contributed by atoms with van der Waals surface area (Å²) < 4.78 is 0.980. The molecule has 0 saturated carbocycles. The maximum Gasteiger partial charge on any atom is 0.243 e. The van der Waals surface area contributed by atoms with Crippen LogP contribution in [0, 0.1) is 6.92 Å². The molecule has 3 aromatic rings. The fourth-order valence-electron chi connectivity index (χ4n) is 3.78. The molecule has 0 aliphatic heterocycles. The van der Waals surface area contributed by atoms with E-state index in [0.29, 0.717) is 32.4 Å². The van der Waals surface area contributed by atoms with Crippen LogP contribution in [-0.2, 0) is 29.0 Å². The minimum Gasteiger partial charge on any atom is -0.355 e. The Morgan fingerprint density at radius 2 is 1.52 bits per heavy atom. The van der Waals surface area contributed by atoms with E-state index in [1.807, 2.05) is 61.5 Å². The Morgan fingerprint density at radius 1 is 0.879 bits per heavy atom. The van der Waals surface area contributed by atoms with Crippen LogP contribution in [0.3, 0.4) is 0 Å². The van der Waals surface area contributed by atoms with Crippen LogP contribution in [-0.4, -0.2) is 29.3 Å². The number of aryl methyl sites for hydroxylation is 2. The lowest BCUT2D eigenvalue weighted by Gasteiger charge is -2.31. The van der Waals surface area contributed by atoms with Gasteiger partial charge in [0.1, 0.15) is 6.04 Å². The number of carbonyl (C=O) groups excluding carboxylic acids is 2. The second-order valence-corrected chi connectivity index (χ2v) is 9.15. The Hall–Kier alpha value is -2.92. The van der Waals surface area contributed by atoms with E-state index in [1.54, 1.807) is 4.90 Å². The number of benzene rings is 3. The lowest BCUT2D eigenvalue weighted by atomic mass is 10.0. The first kappa shape index (κ1) is 24.7. The van der Waals surface area contributed by atoms with E-state index in [1.165, 1.54) is 5.56 Å². The summed E-state index contributed by atoms with van der Waals surface area (Å²) in [5, 5.41) is 2.94. The van der Waals surface area contributed by atoms with Crippen molar-refractivity contribution in [3.05, 3.63) is 106 Å². The van der Waals surface area contributed by atoms with Crippen molar-refractivity contribution in [1.82, 2.24) is 10.2 Å². The highest BCUT2D eigenvalue weighted by atomic mass is 79.9. The van der Waals surface area contributed by atoms with Gasteiger partial charge in [0, 0.05) is 30.4 Å². The third-order valence-corrected chi connectivity index (χ3v) is 6.17. The predicted octanol–water partition coefficient (Wildman–Crippen LogP) is 5.47. The zero-order chi connectivity index (χ0) is 23.6. The van der Waals surface area contributed by atoms with Crippen molar-refractivity contribution in [2.24, 2.45) is 0 Å². The molecular formula is C28H31BrN2O2. The van der Waals surface area contributed by atoms with Crippen molar-refractivity contribution in [3.8, 4) is 0 Å². The molecule has 0 bridgehead atoms. The van der Waals surface area contributed by atoms with Crippen molar-refractivity contribution in [2.75, 3.05) is 6.54 Å². The van der Waals surface area contributed by atoms with Gasteiger partial charge in [-0.3, -0.25) is 9.59 Å². The third kappa shape index (κ3) is 7.57. The smallest absolute Gasteiger partial charge is 0.243 e. The Bertz CT molecular complexity index is 1030. The Labute approximate surface area is 205 Å². The van der Waals surface area contributed by atoms with Crippen molar-refractivity contribution >= 4 is 27.7 Å². The van der Waals surface area contributed by atoms with E-state index in [4.69, 9.17) is 0 Å². The first-order valence-electron chi connectivity index (χ1n) is 11.4. The van der Waals surface area contributed by atoms with Crippen LogP contribution in [0.4, 0.5) is 0 Å². The highest BCUT2D eigenvalue weighted by Gasteiger charge is 2.29. The molecule has 1 atom stereocenters. The van der Waals surface area contributed by atoms with Gasteiger partial charge < -0.3 is 10.2 Å². The van der Waals surface area contributed by atoms with E-state index >= 15 is 0 Å². The SMILES string of the molecule is CCNC(=O)[C@H](Cc1ccccc1)N(Cc1ccc(Br)cc1)C(=O)CCc1ccc(C)cc1. The van der Waals surface area contributed by atoms with Crippen LogP contribution in [0.5, 0.6) is 0 Å². The van der Waals surface area contributed by atoms with E-state index in [0.717, 1.165) is 21.2 Å². The maximum absolute atomic E-state index is 13.5. The van der Waals surface area contributed by atoms with E-state index in [9.17, 15) is 9.59 Å². The summed E-state index contributed by atoms with van der Waals surface area (Å²) in [6.45, 7) is 4.85. The molecule has 0 unspecified atom stereocenters. The van der Waals surface area contributed by atoms with Gasteiger partial charge in [0.25, 0.3) is 0 Å². The third-order valence-electron chi connectivity index (χ3n) is 5.64. The van der Waals surface area contributed by atoms with Crippen LogP contribution in [0.15, 0.2) is 83.3 Å². The monoisotopic (exact) mass is 506 g/mol. The molecule has 0 aromatic heterocycles. The molecule has 4 nitrogen and oxygen atoms in total. The topological polar surface area (TPSA) is 49.4 Å². The minimum atomic E-state index is -0.582. The largest absolute Gasteiger partial charge is 0.355 e. The number of halogens is 1. The molecule has 0 aliphatic carbocycles. The van der Waals surface area contributed by atoms with Crippen molar-refractivity contribution in [3.63, 3.8) is 0 Å². The second kappa shape index (κ2) is 12.4. The summed E-state index contributed by atoms with van der Waals surface area (Å²) in [5.74, 6) is -0.146. The van der Waals surface area contributed by atoms with Gasteiger partial charge in [0.05, 0.1) is 0 Å².